The van der Waals surface area contributed by atoms with Gasteiger partial charge in [0.25, 0.3) is 0 Å². The van der Waals surface area contributed by atoms with Gasteiger partial charge in [-0.2, -0.15) is 0 Å². The predicted molar refractivity (Wildman–Crippen MR) is 298 cm³/mol. The van der Waals surface area contributed by atoms with Crippen LogP contribution >= 0.6 is 0 Å². The van der Waals surface area contributed by atoms with Gasteiger partial charge >= 0.3 is 0 Å². The van der Waals surface area contributed by atoms with Crippen molar-refractivity contribution in [3.63, 3.8) is 0 Å². The van der Waals surface area contributed by atoms with Crippen molar-refractivity contribution in [3.8, 4) is 66.8 Å². The van der Waals surface area contributed by atoms with Crippen molar-refractivity contribution in [2.45, 2.75) is 37.5 Å². The average Bonchev–Trinajstić information content (AvgIpc) is 4.05. The van der Waals surface area contributed by atoms with Gasteiger partial charge in [-0.05, 0) is 149 Å². The Kier molecular flexibility index (Phi) is 9.35. The molecule has 3 aliphatic rings. The Morgan fingerprint density at radius 3 is 1.63 bits per heavy atom. The first kappa shape index (κ1) is 41.5. The molecular formula is C70H51N. The highest BCUT2D eigenvalue weighted by Gasteiger charge is 2.48. The molecular weight excluding hydrogens is 855 g/mol. The zero-order chi connectivity index (χ0) is 47.3. The SMILES string of the molecule is CC1(C)c2ccccc2-c2cccc(-c3ccccc3-c3ccc(N(c4ccc5c(c4)C4(CCc6ccccc64)c4ccccc4-5)c4ccccc4-c4cccc5cccc(-c6ccccc6)c45)cc3)c21. The Morgan fingerprint density at radius 2 is 0.859 bits per heavy atom. The van der Waals surface area contributed by atoms with E-state index in [9.17, 15) is 0 Å². The fraction of sp³-hybridized carbons (Fsp3) is 0.0857. The van der Waals surface area contributed by atoms with Crippen LogP contribution in [0, 0.1) is 0 Å². The lowest BCUT2D eigenvalue weighted by Gasteiger charge is -2.32. The third kappa shape index (κ3) is 6.19. The molecule has 0 heterocycles. The van der Waals surface area contributed by atoms with Crippen molar-refractivity contribution in [3.05, 3.63) is 282 Å². The number of benzene rings is 11. The van der Waals surface area contributed by atoms with E-state index >= 15 is 0 Å². The molecule has 0 N–H and O–H groups in total. The standard InChI is InChI=1S/C70H51N/c1-69(2)63-34-13-9-27-56(63)61-32-18-31-60(68(61)69)54-25-8-7-24-52(54)47-37-39-50(40-38-47)71(51-41-42-57-55-26-10-14-35-64(55)70(65(57)45-51)44-43-48-21-6-12-33-62(48)70)66-36-15-11-28-58(66)59-30-17-23-49-22-16-29-53(67(49)59)46-19-4-3-5-20-46/h3-42,45H,43-44H2,1-2H3. The third-order valence-electron chi connectivity index (χ3n) is 16.3. The molecule has 0 fully saturated rings. The van der Waals surface area contributed by atoms with Gasteiger partial charge in [0.1, 0.15) is 0 Å². The fourth-order valence-corrected chi connectivity index (χ4v) is 13.2. The van der Waals surface area contributed by atoms with Gasteiger partial charge in [0.2, 0.25) is 0 Å². The minimum atomic E-state index is -0.217. The largest absolute Gasteiger partial charge is 0.310 e. The lowest BCUT2D eigenvalue weighted by atomic mass is 9.73. The molecule has 0 amide bonds. The molecule has 11 aromatic rings. The average molecular weight is 906 g/mol. The maximum atomic E-state index is 2.53. The smallest absolute Gasteiger partial charge is 0.0540 e. The molecule has 0 saturated heterocycles. The van der Waals surface area contributed by atoms with Crippen LogP contribution in [0.4, 0.5) is 17.1 Å². The number of fused-ring (bicyclic) bond motifs is 11. The summed E-state index contributed by atoms with van der Waals surface area (Å²) in [7, 11) is 0. The van der Waals surface area contributed by atoms with Crippen LogP contribution in [0.3, 0.4) is 0 Å². The second-order valence-electron chi connectivity index (χ2n) is 20.3. The summed E-state index contributed by atoms with van der Waals surface area (Å²) in [6.45, 7) is 4.77. The molecule has 0 aliphatic heterocycles. The predicted octanol–water partition coefficient (Wildman–Crippen LogP) is 18.5. The second kappa shape index (κ2) is 16.0. The van der Waals surface area contributed by atoms with E-state index in [2.05, 4.69) is 267 Å². The minimum absolute atomic E-state index is 0.129. The Labute approximate surface area is 417 Å². The van der Waals surface area contributed by atoms with E-state index in [1.165, 1.54) is 111 Å². The summed E-state index contributed by atoms with van der Waals surface area (Å²) in [6.07, 6.45) is 2.11. The normalized spacial score (nSPS) is 15.5. The highest BCUT2D eigenvalue weighted by atomic mass is 15.1. The van der Waals surface area contributed by atoms with E-state index in [1.807, 2.05) is 0 Å². The fourth-order valence-electron chi connectivity index (χ4n) is 13.2. The highest BCUT2D eigenvalue weighted by Crippen LogP contribution is 2.60. The van der Waals surface area contributed by atoms with Crippen molar-refractivity contribution in [2.24, 2.45) is 0 Å². The van der Waals surface area contributed by atoms with Crippen LogP contribution in [-0.2, 0) is 17.3 Å². The number of nitrogens with zero attached hydrogens (tertiary/aromatic N) is 1. The van der Waals surface area contributed by atoms with Crippen molar-refractivity contribution in [1.29, 1.82) is 0 Å². The molecule has 11 aromatic carbocycles. The van der Waals surface area contributed by atoms with Crippen LogP contribution in [0.1, 0.15) is 53.6 Å². The van der Waals surface area contributed by atoms with Crippen LogP contribution in [0.2, 0.25) is 0 Å². The molecule has 14 rings (SSSR count). The first-order valence-electron chi connectivity index (χ1n) is 25.2. The number of aryl methyl sites for hydroxylation is 1. The molecule has 1 spiro atoms. The molecule has 71 heavy (non-hydrogen) atoms. The van der Waals surface area contributed by atoms with Gasteiger partial charge < -0.3 is 4.90 Å². The molecule has 0 saturated carbocycles. The van der Waals surface area contributed by atoms with Gasteiger partial charge in [0.05, 0.1) is 5.69 Å². The summed E-state index contributed by atoms with van der Waals surface area (Å²) in [5.74, 6) is 0. The van der Waals surface area contributed by atoms with E-state index in [4.69, 9.17) is 0 Å². The minimum Gasteiger partial charge on any atom is -0.310 e. The summed E-state index contributed by atoms with van der Waals surface area (Å²) < 4.78 is 0. The van der Waals surface area contributed by atoms with Crippen LogP contribution in [0.15, 0.2) is 249 Å². The van der Waals surface area contributed by atoms with Crippen molar-refractivity contribution in [2.75, 3.05) is 4.90 Å². The van der Waals surface area contributed by atoms with Gasteiger partial charge in [-0.25, -0.2) is 0 Å². The number of anilines is 3. The zero-order valence-electron chi connectivity index (χ0n) is 40.0. The molecule has 1 unspecified atom stereocenters. The van der Waals surface area contributed by atoms with E-state index in [0.717, 1.165) is 29.9 Å². The molecule has 0 bridgehead atoms. The van der Waals surface area contributed by atoms with Gasteiger partial charge in [0, 0.05) is 27.8 Å². The molecule has 1 heteroatoms. The summed E-state index contributed by atoms with van der Waals surface area (Å²) in [6, 6.07) is 93.2. The number of para-hydroxylation sites is 1. The molecule has 1 atom stereocenters. The van der Waals surface area contributed by atoms with Gasteiger partial charge in [-0.3, -0.25) is 0 Å². The maximum absolute atomic E-state index is 2.53. The van der Waals surface area contributed by atoms with E-state index in [1.54, 1.807) is 0 Å². The van der Waals surface area contributed by atoms with Crippen LogP contribution < -0.4 is 4.90 Å². The van der Waals surface area contributed by atoms with Crippen molar-refractivity contribution < 1.29 is 0 Å². The quantitative estimate of drug-likeness (QED) is 0.154. The zero-order valence-corrected chi connectivity index (χ0v) is 40.0. The Hall–Kier alpha value is -8.52. The van der Waals surface area contributed by atoms with Crippen molar-refractivity contribution in [1.82, 2.24) is 0 Å². The Morgan fingerprint density at radius 1 is 0.338 bits per heavy atom. The first-order chi connectivity index (χ1) is 35.0. The Bertz CT molecular complexity index is 3910. The van der Waals surface area contributed by atoms with Gasteiger partial charge in [0.15, 0.2) is 0 Å². The summed E-state index contributed by atoms with van der Waals surface area (Å²) in [4.78, 5) is 2.52. The summed E-state index contributed by atoms with van der Waals surface area (Å²) in [5.41, 5.74) is 26.7. The topological polar surface area (TPSA) is 3.24 Å². The number of rotatable bonds is 7. The second-order valence-corrected chi connectivity index (χ2v) is 20.3. The monoisotopic (exact) mass is 905 g/mol. The van der Waals surface area contributed by atoms with E-state index in [-0.39, 0.29) is 10.8 Å². The van der Waals surface area contributed by atoms with Gasteiger partial charge in [-0.15, -0.1) is 0 Å². The summed E-state index contributed by atoms with van der Waals surface area (Å²) in [5, 5.41) is 2.48. The third-order valence-corrected chi connectivity index (χ3v) is 16.3. The molecule has 0 radical (unpaired) electrons. The molecule has 0 aromatic heterocycles. The first-order valence-corrected chi connectivity index (χ1v) is 25.2. The van der Waals surface area contributed by atoms with E-state index < -0.39 is 0 Å². The molecule has 3 aliphatic carbocycles. The Balaban J connectivity index is 0.964. The lowest BCUT2D eigenvalue weighted by Crippen LogP contribution is -2.24. The van der Waals surface area contributed by atoms with Crippen LogP contribution in [0.25, 0.3) is 77.5 Å². The molecule has 336 valence electrons. The van der Waals surface area contributed by atoms with Crippen molar-refractivity contribution >= 4 is 27.8 Å². The van der Waals surface area contributed by atoms with Crippen LogP contribution in [0.5, 0.6) is 0 Å². The highest BCUT2D eigenvalue weighted by molar-refractivity contribution is 6.09. The van der Waals surface area contributed by atoms with Crippen LogP contribution in [-0.4, -0.2) is 0 Å². The van der Waals surface area contributed by atoms with E-state index in [0.29, 0.717) is 0 Å². The number of hydrogen-bond acceptors (Lipinski definition) is 1. The molecule has 1 nitrogen and oxygen atoms in total. The summed E-state index contributed by atoms with van der Waals surface area (Å²) >= 11 is 0. The lowest BCUT2D eigenvalue weighted by molar-refractivity contribution is 0.626. The van der Waals surface area contributed by atoms with Gasteiger partial charge in [-0.1, -0.05) is 232 Å². The maximum Gasteiger partial charge on any atom is 0.0540 e. The number of hydrogen-bond donors (Lipinski definition) is 0.